The Labute approximate surface area is 128 Å². The van der Waals surface area contributed by atoms with Crippen molar-refractivity contribution in [3.8, 4) is 0 Å². The van der Waals surface area contributed by atoms with Crippen molar-refractivity contribution in [2.45, 2.75) is 5.60 Å². The lowest BCUT2D eigenvalue weighted by atomic mass is 10.1. The van der Waals surface area contributed by atoms with Gasteiger partial charge in [0.15, 0.2) is 0 Å². The zero-order valence-electron chi connectivity index (χ0n) is 12.3. The van der Waals surface area contributed by atoms with E-state index in [1.807, 2.05) is 0 Å². The Hall–Kier alpha value is -2.22. The average molecular weight is 308 g/mol. The van der Waals surface area contributed by atoms with Gasteiger partial charge >= 0.3 is 0 Å². The first-order valence-electron chi connectivity index (χ1n) is 6.58. The summed E-state index contributed by atoms with van der Waals surface area (Å²) in [6.07, 6.45) is 1.14. The molecule has 0 saturated carbocycles. The number of hydrogen-bond acceptors (Lipinski definition) is 5. The zero-order valence-corrected chi connectivity index (χ0v) is 12.3. The number of carbonyl (C=O) groups is 2. The number of ether oxygens (including phenoxy) is 1. The van der Waals surface area contributed by atoms with Crippen LogP contribution in [0.1, 0.15) is 10.4 Å². The van der Waals surface area contributed by atoms with Crippen LogP contribution in [0.5, 0.6) is 0 Å². The van der Waals surface area contributed by atoms with Crippen molar-refractivity contribution in [3.63, 3.8) is 0 Å². The van der Waals surface area contributed by atoms with Gasteiger partial charge in [0.05, 0.1) is 19.8 Å². The lowest BCUT2D eigenvalue weighted by molar-refractivity contribution is -0.111. The molecular weight excluding hydrogens is 288 g/mol. The number of benzene rings is 1. The Bertz CT molecular complexity index is 529. The summed E-state index contributed by atoms with van der Waals surface area (Å²) in [5.74, 6) is -0.755. The summed E-state index contributed by atoms with van der Waals surface area (Å²) in [5, 5.41) is 24.1. The van der Waals surface area contributed by atoms with Crippen molar-refractivity contribution < 1.29 is 24.5 Å². The molecule has 7 nitrogen and oxygen atoms in total. The number of carbonyl (C=O) groups excluding carboxylic acids is 2. The Morgan fingerprint density at radius 2 is 2.00 bits per heavy atom. The van der Waals surface area contributed by atoms with Gasteiger partial charge in [0.1, 0.15) is 5.60 Å². The third-order valence-electron chi connectivity index (χ3n) is 2.89. The van der Waals surface area contributed by atoms with Crippen LogP contribution in [-0.2, 0) is 9.53 Å². The van der Waals surface area contributed by atoms with Gasteiger partial charge in [-0.25, -0.2) is 0 Å². The molecule has 0 aliphatic heterocycles. The van der Waals surface area contributed by atoms with Gasteiger partial charge in [-0.05, 0) is 30.3 Å². The number of aliphatic hydroxyl groups is 2. The number of anilines is 1. The van der Waals surface area contributed by atoms with E-state index in [9.17, 15) is 14.7 Å². The van der Waals surface area contributed by atoms with Crippen LogP contribution < -0.4 is 10.6 Å². The van der Waals surface area contributed by atoms with Gasteiger partial charge in [-0.15, -0.1) is 0 Å². The van der Waals surface area contributed by atoms with E-state index < -0.39 is 18.1 Å². The molecule has 0 fully saturated rings. The number of rotatable bonds is 8. The van der Waals surface area contributed by atoms with Crippen molar-refractivity contribution in [1.29, 1.82) is 0 Å². The molecule has 0 aliphatic carbocycles. The molecule has 0 bridgehead atoms. The maximum absolute atomic E-state index is 12.0. The first-order valence-corrected chi connectivity index (χ1v) is 6.58. The van der Waals surface area contributed by atoms with Gasteiger partial charge in [0.25, 0.3) is 5.91 Å². The van der Waals surface area contributed by atoms with Gasteiger partial charge in [-0.1, -0.05) is 6.58 Å². The molecule has 1 atom stereocenters. The SMILES string of the molecule is C=CC(=O)Nc1ccc(C(=O)NCC(O)(CO)COC)cc1. The fourth-order valence-electron chi connectivity index (χ4n) is 1.67. The van der Waals surface area contributed by atoms with Crippen LogP contribution in [0, 0.1) is 0 Å². The van der Waals surface area contributed by atoms with Gasteiger partial charge < -0.3 is 25.6 Å². The van der Waals surface area contributed by atoms with Gasteiger partial charge in [-0.3, -0.25) is 9.59 Å². The smallest absolute Gasteiger partial charge is 0.251 e. The second kappa shape index (κ2) is 8.28. The molecule has 4 N–H and O–H groups in total. The van der Waals surface area contributed by atoms with E-state index >= 15 is 0 Å². The van der Waals surface area contributed by atoms with E-state index in [1.54, 1.807) is 12.1 Å². The largest absolute Gasteiger partial charge is 0.393 e. The monoisotopic (exact) mass is 308 g/mol. The van der Waals surface area contributed by atoms with Crippen LogP contribution in [0.4, 0.5) is 5.69 Å². The number of nitrogens with one attached hydrogen (secondary N) is 2. The maximum Gasteiger partial charge on any atom is 0.251 e. The predicted octanol–water partition coefficient (Wildman–Crippen LogP) is -0.0893. The molecule has 0 aliphatic rings. The molecule has 7 heteroatoms. The summed E-state index contributed by atoms with van der Waals surface area (Å²) >= 11 is 0. The minimum absolute atomic E-state index is 0.101. The number of hydrogen-bond donors (Lipinski definition) is 4. The first kappa shape index (κ1) is 17.8. The second-order valence-corrected chi connectivity index (χ2v) is 4.77. The molecule has 22 heavy (non-hydrogen) atoms. The third kappa shape index (κ3) is 5.28. The minimum atomic E-state index is -1.53. The summed E-state index contributed by atoms with van der Waals surface area (Å²) in [5.41, 5.74) is -0.635. The first-order chi connectivity index (χ1) is 10.4. The normalized spacial score (nSPS) is 13.0. The Morgan fingerprint density at radius 1 is 1.36 bits per heavy atom. The minimum Gasteiger partial charge on any atom is -0.393 e. The molecule has 0 saturated heterocycles. The van der Waals surface area contributed by atoms with Crippen molar-refractivity contribution >= 4 is 17.5 Å². The van der Waals surface area contributed by atoms with E-state index in [4.69, 9.17) is 9.84 Å². The fourth-order valence-corrected chi connectivity index (χ4v) is 1.67. The highest BCUT2D eigenvalue weighted by Gasteiger charge is 2.26. The van der Waals surface area contributed by atoms with Crippen LogP contribution in [0.2, 0.25) is 0 Å². The topological polar surface area (TPSA) is 108 Å². The standard InChI is InChI=1S/C15H20N2O5/c1-3-13(19)17-12-6-4-11(5-7-12)14(20)16-8-15(21,9-18)10-22-2/h3-7,18,21H,1,8-10H2,2H3,(H,16,20)(H,17,19). The Kier molecular flexibility index (Phi) is 6.71. The van der Waals surface area contributed by atoms with Crippen LogP contribution in [0.3, 0.4) is 0 Å². The predicted molar refractivity (Wildman–Crippen MR) is 81.5 cm³/mol. The lowest BCUT2D eigenvalue weighted by Gasteiger charge is -2.25. The number of amides is 2. The van der Waals surface area contributed by atoms with Crippen molar-refractivity contribution in [1.82, 2.24) is 5.32 Å². The van der Waals surface area contributed by atoms with Gasteiger partial charge in [0, 0.05) is 18.4 Å². The maximum atomic E-state index is 12.0. The highest BCUT2D eigenvalue weighted by atomic mass is 16.5. The summed E-state index contributed by atoms with van der Waals surface area (Å²) < 4.78 is 4.79. The third-order valence-corrected chi connectivity index (χ3v) is 2.89. The van der Waals surface area contributed by atoms with Crippen LogP contribution >= 0.6 is 0 Å². The van der Waals surface area contributed by atoms with Gasteiger partial charge in [-0.2, -0.15) is 0 Å². The van der Waals surface area contributed by atoms with Crippen molar-refractivity contribution in [3.05, 3.63) is 42.5 Å². The zero-order chi connectivity index (χ0) is 16.6. The van der Waals surface area contributed by atoms with Crippen LogP contribution in [0.25, 0.3) is 0 Å². The van der Waals surface area contributed by atoms with E-state index in [-0.39, 0.29) is 19.1 Å². The van der Waals surface area contributed by atoms with Crippen LogP contribution in [-0.4, -0.2) is 54.5 Å². The summed E-state index contributed by atoms with van der Waals surface area (Å²) in [6.45, 7) is 2.56. The summed E-state index contributed by atoms with van der Waals surface area (Å²) in [4.78, 5) is 23.1. The molecule has 1 aromatic rings. The quantitative estimate of drug-likeness (QED) is 0.502. The molecule has 1 unspecified atom stereocenters. The number of methoxy groups -OCH3 is 1. The van der Waals surface area contributed by atoms with Crippen LogP contribution in [0.15, 0.2) is 36.9 Å². The molecule has 0 aromatic heterocycles. The Balaban J connectivity index is 2.62. The highest BCUT2D eigenvalue weighted by molar-refractivity contribution is 5.99. The highest BCUT2D eigenvalue weighted by Crippen LogP contribution is 2.10. The van der Waals surface area contributed by atoms with E-state index in [0.29, 0.717) is 11.3 Å². The molecule has 0 heterocycles. The van der Waals surface area contributed by atoms with E-state index in [0.717, 1.165) is 6.08 Å². The molecule has 0 spiro atoms. The Morgan fingerprint density at radius 3 is 2.50 bits per heavy atom. The van der Waals surface area contributed by atoms with E-state index in [2.05, 4.69) is 17.2 Å². The fraction of sp³-hybridized carbons (Fsp3) is 0.333. The van der Waals surface area contributed by atoms with E-state index in [1.165, 1.54) is 19.2 Å². The molecule has 1 rings (SSSR count). The summed E-state index contributed by atoms with van der Waals surface area (Å²) in [6, 6.07) is 6.21. The molecule has 120 valence electrons. The average Bonchev–Trinajstić information content (AvgIpc) is 2.53. The lowest BCUT2D eigenvalue weighted by Crippen LogP contribution is -2.49. The van der Waals surface area contributed by atoms with Crippen molar-refractivity contribution in [2.24, 2.45) is 0 Å². The second-order valence-electron chi connectivity index (χ2n) is 4.77. The van der Waals surface area contributed by atoms with Gasteiger partial charge in [0.2, 0.25) is 5.91 Å². The summed E-state index contributed by atoms with van der Waals surface area (Å²) in [7, 11) is 1.39. The molecule has 2 amide bonds. The molecule has 1 aromatic carbocycles. The molecule has 0 radical (unpaired) electrons. The van der Waals surface area contributed by atoms with Crippen molar-refractivity contribution in [2.75, 3.05) is 32.2 Å². The molecular formula is C15H20N2O5. The number of aliphatic hydroxyl groups excluding tert-OH is 1.